The lowest BCUT2D eigenvalue weighted by Gasteiger charge is -2.36. The summed E-state index contributed by atoms with van der Waals surface area (Å²) in [5.74, 6) is -1.91. The predicted molar refractivity (Wildman–Crippen MR) is 59.6 cm³/mol. The maximum absolute atomic E-state index is 13.6. The third kappa shape index (κ3) is 3.22. The van der Waals surface area contributed by atoms with Crippen LogP contribution in [-0.4, -0.2) is 37.3 Å². The molecule has 1 atom stereocenters. The normalized spacial score (nSPS) is 19.4. The van der Waals surface area contributed by atoms with E-state index < -0.39 is 29.4 Å². The molecule has 2 rings (SSSR count). The number of hydrogen-bond donors (Lipinski definition) is 1. The minimum Gasteiger partial charge on any atom is -0.314 e. The molecule has 2 nitrogen and oxygen atoms in total. The van der Waals surface area contributed by atoms with Gasteiger partial charge in [0.15, 0.2) is 0 Å². The van der Waals surface area contributed by atoms with Crippen LogP contribution < -0.4 is 5.32 Å². The summed E-state index contributed by atoms with van der Waals surface area (Å²) in [7, 11) is 0. The van der Waals surface area contributed by atoms with Crippen molar-refractivity contribution < 1.29 is 22.0 Å². The summed E-state index contributed by atoms with van der Waals surface area (Å²) < 4.78 is 66.1. The Morgan fingerprint density at radius 1 is 1.11 bits per heavy atom. The Bertz CT molecular complexity index is 440. The summed E-state index contributed by atoms with van der Waals surface area (Å²) in [5, 5.41) is 2.92. The van der Waals surface area contributed by atoms with Gasteiger partial charge < -0.3 is 5.32 Å². The Hall–Kier alpha value is -1.21. The fraction of sp³-hybridized carbons (Fsp3) is 0.500. The van der Waals surface area contributed by atoms with E-state index in [-0.39, 0.29) is 13.1 Å². The van der Waals surface area contributed by atoms with Gasteiger partial charge in [0.05, 0.1) is 0 Å². The standard InChI is InChI=1S/C12H13F5N2/c13-8-1-2-10(14)9(7-8)11(12(15,16)17)19-5-3-18-4-6-19/h1-2,7,11,18H,3-6H2/t11-/m0/s1. The highest BCUT2D eigenvalue weighted by molar-refractivity contribution is 5.24. The van der Waals surface area contributed by atoms with Crippen LogP contribution in [-0.2, 0) is 0 Å². The Balaban J connectivity index is 2.39. The third-order valence-corrected chi connectivity index (χ3v) is 3.08. The summed E-state index contributed by atoms with van der Waals surface area (Å²) in [6.07, 6.45) is -4.65. The maximum Gasteiger partial charge on any atom is 0.408 e. The van der Waals surface area contributed by atoms with Crippen molar-refractivity contribution in [3.8, 4) is 0 Å². The zero-order valence-corrected chi connectivity index (χ0v) is 9.97. The molecule has 0 unspecified atom stereocenters. The zero-order chi connectivity index (χ0) is 14.0. The van der Waals surface area contributed by atoms with Gasteiger partial charge in [0, 0.05) is 31.7 Å². The smallest absolute Gasteiger partial charge is 0.314 e. The molecule has 1 fully saturated rings. The average molecular weight is 280 g/mol. The Morgan fingerprint density at radius 2 is 1.74 bits per heavy atom. The lowest BCUT2D eigenvalue weighted by Crippen LogP contribution is -2.49. The zero-order valence-electron chi connectivity index (χ0n) is 9.97. The number of nitrogens with zero attached hydrogens (tertiary/aromatic N) is 1. The van der Waals surface area contributed by atoms with Crippen molar-refractivity contribution in [2.75, 3.05) is 26.2 Å². The summed E-state index contributed by atoms with van der Waals surface area (Å²) in [6, 6.07) is 0.0517. The van der Waals surface area contributed by atoms with Gasteiger partial charge in [-0.15, -0.1) is 0 Å². The molecule has 1 heterocycles. The summed E-state index contributed by atoms with van der Waals surface area (Å²) in [6.45, 7) is 1.06. The van der Waals surface area contributed by atoms with E-state index >= 15 is 0 Å². The van der Waals surface area contributed by atoms with E-state index in [4.69, 9.17) is 0 Å². The molecule has 1 aromatic carbocycles. The molecule has 7 heteroatoms. The molecule has 19 heavy (non-hydrogen) atoms. The highest BCUT2D eigenvalue weighted by atomic mass is 19.4. The van der Waals surface area contributed by atoms with E-state index in [0.29, 0.717) is 19.2 Å². The number of benzene rings is 1. The van der Waals surface area contributed by atoms with Gasteiger partial charge in [-0.05, 0) is 18.2 Å². The molecule has 1 saturated heterocycles. The molecule has 1 aromatic rings. The molecule has 0 spiro atoms. The lowest BCUT2D eigenvalue weighted by molar-refractivity contribution is -0.188. The molecule has 106 valence electrons. The van der Waals surface area contributed by atoms with Crippen LogP contribution in [0.25, 0.3) is 0 Å². The molecule has 0 saturated carbocycles. The van der Waals surface area contributed by atoms with Crippen LogP contribution in [0.3, 0.4) is 0 Å². The maximum atomic E-state index is 13.6. The number of halogens is 5. The third-order valence-electron chi connectivity index (χ3n) is 3.08. The van der Waals surface area contributed by atoms with Crippen molar-refractivity contribution in [2.24, 2.45) is 0 Å². The van der Waals surface area contributed by atoms with Crippen LogP contribution in [0.4, 0.5) is 22.0 Å². The quantitative estimate of drug-likeness (QED) is 0.837. The fourth-order valence-electron chi connectivity index (χ4n) is 2.24. The molecule has 0 aromatic heterocycles. The number of hydrogen-bond acceptors (Lipinski definition) is 2. The molecule has 1 aliphatic rings. The molecule has 0 radical (unpaired) electrons. The van der Waals surface area contributed by atoms with E-state index in [9.17, 15) is 22.0 Å². The average Bonchev–Trinajstić information content (AvgIpc) is 2.33. The highest BCUT2D eigenvalue weighted by Crippen LogP contribution is 2.39. The molecular formula is C12H13F5N2. The van der Waals surface area contributed by atoms with Crippen molar-refractivity contribution in [3.05, 3.63) is 35.4 Å². The number of alkyl halides is 3. The largest absolute Gasteiger partial charge is 0.408 e. The van der Waals surface area contributed by atoms with E-state index in [1.165, 1.54) is 0 Å². The summed E-state index contributed by atoms with van der Waals surface area (Å²) in [5.41, 5.74) is -0.658. The first-order valence-corrected chi connectivity index (χ1v) is 5.86. The van der Waals surface area contributed by atoms with Gasteiger partial charge in [0.1, 0.15) is 17.7 Å². The van der Waals surface area contributed by atoms with Gasteiger partial charge in [0.25, 0.3) is 0 Å². The molecule has 0 amide bonds. The first kappa shape index (κ1) is 14.2. The lowest BCUT2D eigenvalue weighted by atomic mass is 10.0. The number of nitrogens with one attached hydrogen (secondary N) is 1. The van der Waals surface area contributed by atoms with Crippen molar-refractivity contribution in [1.82, 2.24) is 10.2 Å². The SMILES string of the molecule is Fc1ccc(F)c([C@H](N2CCNCC2)C(F)(F)F)c1. The summed E-state index contributed by atoms with van der Waals surface area (Å²) in [4.78, 5) is 1.12. The predicted octanol–water partition coefficient (Wildman–Crippen LogP) is 2.47. The fourth-order valence-corrected chi connectivity index (χ4v) is 2.24. The minimum absolute atomic E-state index is 0.139. The van der Waals surface area contributed by atoms with Crippen LogP contribution in [0, 0.1) is 11.6 Å². The van der Waals surface area contributed by atoms with Crippen LogP contribution in [0.5, 0.6) is 0 Å². The van der Waals surface area contributed by atoms with E-state index in [2.05, 4.69) is 5.32 Å². The van der Waals surface area contributed by atoms with Crippen LogP contribution in [0.1, 0.15) is 11.6 Å². The second-order valence-electron chi connectivity index (χ2n) is 4.40. The molecule has 1 aliphatic heterocycles. The van der Waals surface area contributed by atoms with Gasteiger partial charge in [-0.1, -0.05) is 0 Å². The van der Waals surface area contributed by atoms with Crippen LogP contribution >= 0.6 is 0 Å². The van der Waals surface area contributed by atoms with Crippen molar-refractivity contribution in [1.29, 1.82) is 0 Å². The first-order chi connectivity index (χ1) is 8.89. The first-order valence-electron chi connectivity index (χ1n) is 5.86. The van der Waals surface area contributed by atoms with Gasteiger partial charge in [0.2, 0.25) is 0 Å². The van der Waals surface area contributed by atoms with Gasteiger partial charge >= 0.3 is 6.18 Å². The van der Waals surface area contributed by atoms with Gasteiger partial charge in [-0.3, -0.25) is 4.90 Å². The minimum atomic E-state index is -4.65. The number of rotatable bonds is 2. The molecule has 0 aliphatic carbocycles. The number of piperazine rings is 1. The Morgan fingerprint density at radius 3 is 2.32 bits per heavy atom. The second kappa shape index (κ2) is 5.42. The van der Waals surface area contributed by atoms with Crippen molar-refractivity contribution in [3.63, 3.8) is 0 Å². The van der Waals surface area contributed by atoms with Crippen molar-refractivity contribution >= 4 is 0 Å². The monoisotopic (exact) mass is 280 g/mol. The Kier molecular flexibility index (Phi) is 4.05. The van der Waals surface area contributed by atoms with E-state index in [1.54, 1.807) is 0 Å². The molecule has 1 N–H and O–H groups in total. The van der Waals surface area contributed by atoms with Crippen molar-refractivity contribution in [2.45, 2.75) is 12.2 Å². The molecule has 0 bridgehead atoms. The van der Waals surface area contributed by atoms with Gasteiger partial charge in [-0.2, -0.15) is 13.2 Å². The van der Waals surface area contributed by atoms with Crippen LogP contribution in [0.15, 0.2) is 18.2 Å². The topological polar surface area (TPSA) is 15.3 Å². The van der Waals surface area contributed by atoms with E-state index in [0.717, 1.165) is 17.0 Å². The van der Waals surface area contributed by atoms with Crippen LogP contribution in [0.2, 0.25) is 0 Å². The highest BCUT2D eigenvalue weighted by Gasteiger charge is 2.46. The molecular weight excluding hydrogens is 267 g/mol. The van der Waals surface area contributed by atoms with Gasteiger partial charge in [-0.25, -0.2) is 8.78 Å². The van der Waals surface area contributed by atoms with E-state index in [1.807, 2.05) is 0 Å². The summed E-state index contributed by atoms with van der Waals surface area (Å²) >= 11 is 0. The Labute approximate surface area is 107 Å². The second-order valence-corrected chi connectivity index (χ2v) is 4.40.